The molecule has 0 aliphatic heterocycles. The molecule has 0 atom stereocenters. The van der Waals surface area contributed by atoms with Crippen LogP contribution in [0.4, 0.5) is 0 Å². The van der Waals surface area contributed by atoms with Crippen LogP contribution in [0.15, 0.2) is 30.5 Å². The molecule has 3 heteroatoms. The Balaban J connectivity index is 1.78. The monoisotopic (exact) mass is 269 g/mol. The Morgan fingerprint density at radius 3 is 2.70 bits per heavy atom. The standard InChI is InChI=1S/C17H23N3/c1-12(2)16-8-9-20(19-16)17-7-4-14(10-13(17)3)11-18-15-5-6-15/h4,7-10,12,15,18H,5-6,11H2,1-3H3. The fraction of sp³-hybridized carbons (Fsp3) is 0.471. The summed E-state index contributed by atoms with van der Waals surface area (Å²) >= 11 is 0. The van der Waals surface area contributed by atoms with E-state index in [9.17, 15) is 0 Å². The van der Waals surface area contributed by atoms with E-state index in [1.807, 2.05) is 4.68 Å². The molecule has 1 aromatic carbocycles. The first-order valence-electron chi connectivity index (χ1n) is 7.52. The summed E-state index contributed by atoms with van der Waals surface area (Å²) in [6.45, 7) is 7.48. The normalized spacial score (nSPS) is 15.0. The van der Waals surface area contributed by atoms with Crippen molar-refractivity contribution in [2.75, 3.05) is 0 Å². The maximum atomic E-state index is 4.66. The van der Waals surface area contributed by atoms with Crippen LogP contribution in [0.2, 0.25) is 0 Å². The van der Waals surface area contributed by atoms with Gasteiger partial charge in [0.15, 0.2) is 0 Å². The van der Waals surface area contributed by atoms with Crippen molar-refractivity contribution in [2.24, 2.45) is 0 Å². The molecule has 3 nitrogen and oxygen atoms in total. The van der Waals surface area contributed by atoms with Crippen molar-refractivity contribution in [3.05, 3.63) is 47.3 Å². The van der Waals surface area contributed by atoms with Crippen molar-refractivity contribution in [3.8, 4) is 5.69 Å². The van der Waals surface area contributed by atoms with E-state index in [0.717, 1.165) is 18.3 Å². The minimum Gasteiger partial charge on any atom is -0.310 e. The molecular formula is C17H23N3. The molecule has 1 heterocycles. The predicted octanol–water partition coefficient (Wildman–Crippen LogP) is 3.56. The van der Waals surface area contributed by atoms with Gasteiger partial charge in [0.25, 0.3) is 0 Å². The fourth-order valence-electron chi connectivity index (χ4n) is 2.41. The van der Waals surface area contributed by atoms with Crippen LogP contribution in [0.25, 0.3) is 5.69 Å². The second-order valence-corrected chi connectivity index (χ2v) is 6.12. The second kappa shape index (κ2) is 5.41. The molecule has 1 aliphatic rings. The maximum Gasteiger partial charge on any atom is 0.0675 e. The molecule has 2 aromatic rings. The van der Waals surface area contributed by atoms with Crippen LogP contribution in [0, 0.1) is 6.92 Å². The van der Waals surface area contributed by atoms with E-state index in [1.54, 1.807) is 0 Å². The molecule has 106 valence electrons. The van der Waals surface area contributed by atoms with Crippen LogP contribution < -0.4 is 5.32 Å². The van der Waals surface area contributed by atoms with E-state index in [1.165, 1.54) is 29.7 Å². The number of hydrogen-bond donors (Lipinski definition) is 1. The van der Waals surface area contributed by atoms with E-state index in [0.29, 0.717) is 5.92 Å². The average molecular weight is 269 g/mol. The number of rotatable bonds is 5. The van der Waals surface area contributed by atoms with Gasteiger partial charge < -0.3 is 5.32 Å². The molecular weight excluding hydrogens is 246 g/mol. The van der Waals surface area contributed by atoms with Crippen molar-refractivity contribution in [1.82, 2.24) is 15.1 Å². The molecule has 1 aromatic heterocycles. The molecule has 1 saturated carbocycles. The van der Waals surface area contributed by atoms with E-state index >= 15 is 0 Å². The SMILES string of the molecule is Cc1cc(CNC2CC2)ccc1-n1ccc(C(C)C)n1. The van der Waals surface area contributed by atoms with Crippen LogP contribution in [0.1, 0.15) is 49.4 Å². The number of aryl methyl sites for hydroxylation is 1. The summed E-state index contributed by atoms with van der Waals surface area (Å²) in [4.78, 5) is 0. The topological polar surface area (TPSA) is 29.9 Å². The zero-order valence-electron chi connectivity index (χ0n) is 12.6. The van der Waals surface area contributed by atoms with Crippen LogP contribution in [-0.4, -0.2) is 15.8 Å². The molecule has 0 amide bonds. The third-order valence-electron chi connectivity index (χ3n) is 3.88. The van der Waals surface area contributed by atoms with E-state index < -0.39 is 0 Å². The maximum absolute atomic E-state index is 4.66. The molecule has 0 bridgehead atoms. The Bertz CT molecular complexity index is 594. The van der Waals surface area contributed by atoms with Crippen LogP contribution in [0.5, 0.6) is 0 Å². The summed E-state index contributed by atoms with van der Waals surface area (Å²) in [5.74, 6) is 0.471. The molecule has 20 heavy (non-hydrogen) atoms. The van der Waals surface area contributed by atoms with Gasteiger partial charge in [0.2, 0.25) is 0 Å². The summed E-state index contributed by atoms with van der Waals surface area (Å²) in [5.41, 5.74) is 4.95. The number of aromatic nitrogens is 2. The highest BCUT2D eigenvalue weighted by Crippen LogP contribution is 2.21. The van der Waals surface area contributed by atoms with Gasteiger partial charge in [-0.25, -0.2) is 4.68 Å². The second-order valence-electron chi connectivity index (χ2n) is 6.12. The molecule has 0 unspecified atom stereocenters. The largest absolute Gasteiger partial charge is 0.310 e. The first-order chi connectivity index (χ1) is 9.63. The first-order valence-corrected chi connectivity index (χ1v) is 7.52. The van der Waals surface area contributed by atoms with Crippen LogP contribution in [0.3, 0.4) is 0 Å². The Kier molecular flexibility index (Phi) is 3.62. The number of benzene rings is 1. The highest BCUT2D eigenvalue weighted by atomic mass is 15.3. The van der Waals surface area contributed by atoms with Crippen molar-refractivity contribution in [1.29, 1.82) is 0 Å². The average Bonchev–Trinajstić information content (AvgIpc) is 3.11. The lowest BCUT2D eigenvalue weighted by Crippen LogP contribution is -2.15. The molecule has 1 aliphatic carbocycles. The lowest BCUT2D eigenvalue weighted by molar-refractivity contribution is 0.687. The lowest BCUT2D eigenvalue weighted by Gasteiger charge is -2.09. The predicted molar refractivity (Wildman–Crippen MR) is 82.3 cm³/mol. The van der Waals surface area contributed by atoms with Gasteiger partial charge in [-0.2, -0.15) is 5.10 Å². The fourth-order valence-corrected chi connectivity index (χ4v) is 2.41. The van der Waals surface area contributed by atoms with E-state index in [4.69, 9.17) is 0 Å². The molecule has 1 fully saturated rings. The van der Waals surface area contributed by atoms with Gasteiger partial charge in [-0.3, -0.25) is 0 Å². The van der Waals surface area contributed by atoms with Crippen molar-refractivity contribution in [3.63, 3.8) is 0 Å². The summed E-state index contributed by atoms with van der Waals surface area (Å²) in [5, 5.41) is 8.21. The van der Waals surface area contributed by atoms with E-state index in [2.05, 4.69) is 61.6 Å². The zero-order chi connectivity index (χ0) is 14.1. The Hall–Kier alpha value is -1.61. The smallest absolute Gasteiger partial charge is 0.0675 e. The number of nitrogens with zero attached hydrogens (tertiary/aromatic N) is 2. The van der Waals surface area contributed by atoms with Gasteiger partial charge in [-0.05, 0) is 48.9 Å². The number of nitrogens with one attached hydrogen (secondary N) is 1. The summed E-state index contributed by atoms with van der Waals surface area (Å²) in [7, 11) is 0. The molecule has 3 rings (SSSR count). The molecule has 0 radical (unpaired) electrons. The van der Waals surface area contributed by atoms with Gasteiger partial charge in [-0.1, -0.05) is 26.0 Å². The van der Waals surface area contributed by atoms with Crippen molar-refractivity contribution < 1.29 is 0 Å². The molecule has 0 saturated heterocycles. The Labute approximate surface area is 121 Å². The number of hydrogen-bond acceptors (Lipinski definition) is 2. The third kappa shape index (κ3) is 2.93. The first kappa shape index (κ1) is 13.4. The highest BCUT2D eigenvalue weighted by Gasteiger charge is 2.20. The Morgan fingerprint density at radius 1 is 1.30 bits per heavy atom. The van der Waals surface area contributed by atoms with Crippen LogP contribution >= 0.6 is 0 Å². The quantitative estimate of drug-likeness (QED) is 0.899. The van der Waals surface area contributed by atoms with E-state index in [-0.39, 0.29) is 0 Å². The third-order valence-corrected chi connectivity index (χ3v) is 3.88. The van der Waals surface area contributed by atoms with Gasteiger partial charge in [0.1, 0.15) is 0 Å². The van der Waals surface area contributed by atoms with Crippen LogP contribution in [-0.2, 0) is 6.54 Å². The van der Waals surface area contributed by atoms with Crippen molar-refractivity contribution >= 4 is 0 Å². The van der Waals surface area contributed by atoms with Gasteiger partial charge in [0.05, 0.1) is 11.4 Å². The molecule has 1 N–H and O–H groups in total. The highest BCUT2D eigenvalue weighted by molar-refractivity contribution is 5.42. The summed E-state index contributed by atoms with van der Waals surface area (Å²) in [6, 6.07) is 9.51. The Morgan fingerprint density at radius 2 is 2.10 bits per heavy atom. The summed E-state index contributed by atoms with van der Waals surface area (Å²) < 4.78 is 1.99. The zero-order valence-corrected chi connectivity index (χ0v) is 12.6. The van der Waals surface area contributed by atoms with Gasteiger partial charge >= 0.3 is 0 Å². The summed E-state index contributed by atoms with van der Waals surface area (Å²) in [6.07, 6.45) is 4.73. The lowest BCUT2D eigenvalue weighted by atomic mass is 10.1. The van der Waals surface area contributed by atoms with Crippen molar-refractivity contribution in [2.45, 2.75) is 52.1 Å². The minimum absolute atomic E-state index is 0.471. The van der Waals surface area contributed by atoms with Gasteiger partial charge in [-0.15, -0.1) is 0 Å². The minimum atomic E-state index is 0.471. The molecule has 0 spiro atoms. The van der Waals surface area contributed by atoms with Gasteiger partial charge in [0, 0.05) is 18.8 Å².